The van der Waals surface area contributed by atoms with E-state index in [1.807, 2.05) is 0 Å². The van der Waals surface area contributed by atoms with Crippen LogP contribution in [0.15, 0.2) is 42.6 Å². The van der Waals surface area contributed by atoms with Crippen LogP contribution in [0.2, 0.25) is 0 Å². The van der Waals surface area contributed by atoms with Gasteiger partial charge >= 0.3 is 0 Å². The summed E-state index contributed by atoms with van der Waals surface area (Å²) < 4.78 is 6.89. The zero-order chi connectivity index (χ0) is 31.3. The summed E-state index contributed by atoms with van der Waals surface area (Å²) in [6, 6.07) is 9.41. The molecule has 0 unspecified atom stereocenters. The van der Waals surface area contributed by atoms with Crippen molar-refractivity contribution < 1.29 is 34.2 Å². The second-order valence-electron chi connectivity index (χ2n) is 12.4. The van der Waals surface area contributed by atoms with Crippen molar-refractivity contribution in [2.45, 2.75) is 88.9 Å². The molecule has 1 aromatic carbocycles. The molecule has 1 aromatic heterocycles. The molecule has 3 amide bonds. The van der Waals surface area contributed by atoms with E-state index in [0.717, 1.165) is 49.7 Å². The SMILES string of the molecule is CCCCN1C(=O)[C@@H]([C@H](O)C2CCCCC2)NC(=O)C12CCN(Cc1ccc(Oc3ccc(C(=O)NC)cc3)c[n+]1O)CC2.Cl. The van der Waals surface area contributed by atoms with Crippen molar-refractivity contribution in [1.82, 2.24) is 20.4 Å². The lowest BCUT2D eigenvalue weighted by atomic mass is 9.78. The van der Waals surface area contributed by atoms with Gasteiger partial charge in [-0.15, -0.1) is 12.4 Å². The molecule has 3 fully saturated rings. The van der Waals surface area contributed by atoms with Crippen molar-refractivity contribution in [3.8, 4) is 11.5 Å². The highest BCUT2D eigenvalue weighted by molar-refractivity contribution is 6.00. The zero-order valence-electron chi connectivity index (χ0n) is 26.2. The van der Waals surface area contributed by atoms with Crippen molar-refractivity contribution >= 4 is 30.1 Å². The first-order valence-electron chi connectivity index (χ1n) is 16.0. The van der Waals surface area contributed by atoms with Crippen molar-refractivity contribution in [2.75, 3.05) is 26.7 Å². The number of amides is 3. The molecule has 0 radical (unpaired) electrons. The lowest BCUT2D eigenvalue weighted by molar-refractivity contribution is -0.910. The number of carbonyl (C=O) groups is 3. The molecule has 11 nitrogen and oxygen atoms in total. The van der Waals surface area contributed by atoms with Gasteiger partial charge in [-0.25, -0.2) is 0 Å². The number of hydrogen-bond acceptors (Lipinski definition) is 7. The monoisotopic (exact) mass is 644 g/mol. The molecule has 1 saturated carbocycles. The molecule has 45 heavy (non-hydrogen) atoms. The van der Waals surface area contributed by atoms with Crippen LogP contribution < -0.4 is 20.1 Å². The van der Waals surface area contributed by atoms with Gasteiger partial charge in [0.05, 0.1) is 12.6 Å². The Balaban J connectivity index is 0.00000461. The largest absolute Gasteiger partial charge is 0.451 e. The second-order valence-corrected chi connectivity index (χ2v) is 12.4. The van der Waals surface area contributed by atoms with Crippen molar-refractivity contribution in [3.05, 3.63) is 53.9 Å². The number of aliphatic hydroxyl groups excluding tert-OH is 1. The summed E-state index contributed by atoms with van der Waals surface area (Å²) in [6.07, 6.45) is 8.34. The van der Waals surface area contributed by atoms with Crippen LogP contribution in [0.5, 0.6) is 11.5 Å². The van der Waals surface area contributed by atoms with E-state index in [4.69, 9.17) is 4.74 Å². The van der Waals surface area contributed by atoms with Gasteiger partial charge in [-0.1, -0.05) is 32.6 Å². The number of nitrogens with zero attached hydrogens (tertiary/aromatic N) is 3. The third-order valence-corrected chi connectivity index (χ3v) is 9.60. The Labute approximate surface area is 271 Å². The van der Waals surface area contributed by atoms with Crippen LogP contribution in [-0.2, 0) is 16.1 Å². The van der Waals surface area contributed by atoms with Gasteiger partial charge in [0.2, 0.25) is 17.5 Å². The Morgan fingerprint density at radius 1 is 1.09 bits per heavy atom. The Kier molecular flexibility index (Phi) is 11.7. The standard InChI is InChI=1S/C33H45N5O6.ClH/c1-3-4-18-37-31(41)28(29(39)23-8-6-5-7-9-23)35-32(42)33(37)16-19-36(20-17-33)21-25-12-15-27(22-38(25)43)44-26-13-10-24(11-14-26)30(40)34-2;/h10-15,22-23,28-29,39H,3-9,16-21H2,1-2H3,(H2-,34,35,40,42,43);1H/p+1/t28-,29-;/m1./s1. The van der Waals surface area contributed by atoms with Gasteiger partial charge in [-0.05, 0) is 68.4 Å². The number of aromatic nitrogens is 1. The van der Waals surface area contributed by atoms with Crippen LogP contribution >= 0.6 is 12.4 Å². The Bertz CT molecular complexity index is 1330. The first-order valence-corrected chi connectivity index (χ1v) is 16.0. The van der Waals surface area contributed by atoms with E-state index in [-0.39, 0.29) is 36.0 Å². The fourth-order valence-electron chi connectivity index (χ4n) is 6.91. The summed E-state index contributed by atoms with van der Waals surface area (Å²) >= 11 is 0. The van der Waals surface area contributed by atoms with E-state index in [0.29, 0.717) is 61.8 Å². The summed E-state index contributed by atoms with van der Waals surface area (Å²) in [5, 5.41) is 27.4. The first kappa shape index (κ1) is 34.5. The molecule has 5 rings (SSSR count). The van der Waals surface area contributed by atoms with E-state index < -0.39 is 17.7 Å². The minimum absolute atomic E-state index is 0. The van der Waals surface area contributed by atoms with Crippen LogP contribution in [0.4, 0.5) is 0 Å². The maximum atomic E-state index is 13.8. The molecular weight excluding hydrogens is 598 g/mol. The van der Waals surface area contributed by atoms with Crippen LogP contribution in [0.3, 0.4) is 0 Å². The summed E-state index contributed by atoms with van der Waals surface area (Å²) in [6.45, 7) is 4.19. The molecule has 2 aliphatic heterocycles. The molecule has 1 spiro atoms. The number of likely N-dealkylation sites (tertiary alicyclic amines) is 1. The molecule has 246 valence electrons. The number of aliphatic hydroxyl groups is 1. The maximum Gasteiger partial charge on any atom is 0.264 e. The number of halogens is 1. The fourth-order valence-corrected chi connectivity index (χ4v) is 6.91. The van der Waals surface area contributed by atoms with Gasteiger partial charge in [0.25, 0.3) is 12.1 Å². The number of ether oxygens (including phenoxy) is 1. The summed E-state index contributed by atoms with van der Waals surface area (Å²) in [5.74, 6) is 0.522. The predicted molar refractivity (Wildman–Crippen MR) is 169 cm³/mol. The number of piperidine rings is 1. The molecule has 4 N–H and O–H groups in total. The van der Waals surface area contributed by atoms with E-state index >= 15 is 0 Å². The van der Waals surface area contributed by atoms with Gasteiger partial charge in [-0.3, -0.25) is 24.5 Å². The third-order valence-electron chi connectivity index (χ3n) is 9.60. The molecule has 2 aromatic rings. The van der Waals surface area contributed by atoms with Gasteiger partial charge in [-0.2, -0.15) is 0 Å². The lowest BCUT2D eigenvalue weighted by Crippen LogP contribution is -2.75. The number of hydrogen-bond donors (Lipinski definition) is 4. The van der Waals surface area contributed by atoms with Crippen molar-refractivity contribution in [1.29, 1.82) is 0 Å². The maximum absolute atomic E-state index is 13.8. The highest BCUT2D eigenvalue weighted by Gasteiger charge is 2.55. The Morgan fingerprint density at radius 3 is 2.38 bits per heavy atom. The van der Waals surface area contributed by atoms with Crippen LogP contribution in [-0.4, -0.2) is 82.2 Å². The highest BCUT2D eigenvalue weighted by atomic mass is 35.5. The van der Waals surface area contributed by atoms with Crippen LogP contribution in [0, 0.1) is 5.92 Å². The minimum Gasteiger partial charge on any atom is -0.451 e. The normalized spacial score (nSPS) is 21.1. The Morgan fingerprint density at radius 2 is 1.76 bits per heavy atom. The van der Waals surface area contributed by atoms with Crippen molar-refractivity contribution in [2.24, 2.45) is 5.92 Å². The molecule has 12 heteroatoms. The Hall–Kier alpha value is -3.41. The molecule has 3 aliphatic rings. The van der Waals surface area contributed by atoms with E-state index in [1.165, 1.54) is 6.20 Å². The van der Waals surface area contributed by atoms with Gasteiger partial charge in [0.15, 0.2) is 5.75 Å². The van der Waals surface area contributed by atoms with Gasteiger partial charge in [0.1, 0.15) is 17.3 Å². The number of benzene rings is 1. The number of nitrogens with one attached hydrogen (secondary N) is 2. The van der Waals surface area contributed by atoms with E-state index in [2.05, 4.69) is 22.5 Å². The molecule has 2 atom stereocenters. The zero-order valence-corrected chi connectivity index (χ0v) is 27.1. The lowest BCUT2D eigenvalue weighted by Gasteiger charge is -2.52. The topological polar surface area (TPSA) is 135 Å². The average Bonchev–Trinajstić information content (AvgIpc) is 3.05. The summed E-state index contributed by atoms with van der Waals surface area (Å²) in [7, 11) is 1.57. The quantitative estimate of drug-likeness (QED) is 0.231. The van der Waals surface area contributed by atoms with Crippen molar-refractivity contribution in [3.63, 3.8) is 0 Å². The minimum atomic E-state index is -0.925. The molecular formula is C33H47ClN5O6+. The first-order chi connectivity index (χ1) is 21.3. The second kappa shape index (κ2) is 15.2. The van der Waals surface area contributed by atoms with Gasteiger partial charge < -0.3 is 25.4 Å². The van der Waals surface area contributed by atoms with E-state index in [9.17, 15) is 24.7 Å². The average molecular weight is 645 g/mol. The number of pyridine rings is 1. The number of unbranched alkanes of at least 4 members (excludes halogenated alkanes) is 1. The number of carbonyl (C=O) groups excluding carboxylic acids is 3. The summed E-state index contributed by atoms with van der Waals surface area (Å²) in [4.78, 5) is 43.3. The van der Waals surface area contributed by atoms with Crippen LogP contribution in [0.1, 0.15) is 80.8 Å². The molecule has 0 bridgehead atoms. The van der Waals surface area contributed by atoms with E-state index in [1.54, 1.807) is 48.3 Å². The van der Waals surface area contributed by atoms with Crippen LogP contribution in [0.25, 0.3) is 0 Å². The molecule has 2 saturated heterocycles. The smallest absolute Gasteiger partial charge is 0.264 e. The third kappa shape index (κ3) is 7.53. The summed E-state index contributed by atoms with van der Waals surface area (Å²) in [5.41, 5.74) is 0.258. The highest BCUT2D eigenvalue weighted by Crippen LogP contribution is 2.36. The number of piperazine rings is 1. The molecule has 3 heterocycles. The van der Waals surface area contributed by atoms with Gasteiger partial charge in [0, 0.05) is 43.0 Å². The molecule has 1 aliphatic carbocycles. The fraction of sp³-hybridized carbons (Fsp3) is 0.576. The number of rotatable bonds is 10. The predicted octanol–water partition coefficient (Wildman–Crippen LogP) is 3.19.